The molecule has 1 aromatic rings. The van der Waals surface area contributed by atoms with Gasteiger partial charge in [0.25, 0.3) is 0 Å². The Balaban J connectivity index is 2.40. The Hall–Kier alpha value is -1.07. The van der Waals surface area contributed by atoms with E-state index in [-0.39, 0.29) is 0 Å². The van der Waals surface area contributed by atoms with E-state index in [9.17, 15) is 4.79 Å². The Morgan fingerprint density at radius 2 is 1.82 bits per heavy atom. The molecule has 0 N–H and O–H groups in total. The minimum atomic E-state index is -2.52. The first-order valence-corrected chi connectivity index (χ1v) is 5.53. The molecule has 0 saturated carbocycles. The molecule has 17 heavy (non-hydrogen) atoms. The lowest BCUT2D eigenvalue weighted by Gasteiger charge is -2.32. The van der Waals surface area contributed by atoms with Crippen molar-refractivity contribution in [2.24, 2.45) is 6.98 Å². The number of nitrogens with zero attached hydrogens (tertiary/aromatic N) is 1. The van der Waals surface area contributed by atoms with Crippen LogP contribution < -0.4 is 11.0 Å². The molecular weight excluding hydrogens is 217 g/mol. The quantitative estimate of drug-likeness (QED) is 0.675. The lowest BCUT2D eigenvalue weighted by Crippen LogP contribution is -2.41. The van der Waals surface area contributed by atoms with Crippen molar-refractivity contribution in [1.29, 1.82) is 0 Å². The van der Waals surface area contributed by atoms with Crippen LogP contribution in [0.15, 0.2) is 23.1 Å². The molecule has 5 heteroatoms. The highest BCUT2D eigenvalue weighted by atomic mass is 16.7. The van der Waals surface area contributed by atoms with Gasteiger partial charge in [0, 0.05) is 23.4 Å². The summed E-state index contributed by atoms with van der Waals surface area (Å²) in [6, 6.07) is 2.75. The molecule has 0 aromatic carbocycles. The second-order valence-corrected chi connectivity index (χ2v) is 5.26. The normalized spacial score (nSPS) is 25.2. The molecule has 1 aromatic heterocycles. The predicted molar refractivity (Wildman–Crippen MR) is 67.4 cm³/mol. The van der Waals surface area contributed by atoms with Crippen LogP contribution >= 0.6 is 0 Å². The number of aromatic nitrogens is 1. The van der Waals surface area contributed by atoms with Crippen LogP contribution in [-0.2, 0) is 16.3 Å². The van der Waals surface area contributed by atoms with E-state index in [0.29, 0.717) is 10.0 Å². The van der Waals surface area contributed by atoms with Crippen molar-refractivity contribution in [3.8, 4) is 0 Å². The summed E-state index contributed by atoms with van der Waals surface area (Å²) >= 11 is 0. The molecule has 92 valence electrons. The zero-order valence-corrected chi connectivity index (χ0v) is 10.5. The fourth-order valence-corrected chi connectivity index (χ4v) is 1.62. The van der Waals surface area contributed by atoms with Gasteiger partial charge in [0.05, 0.1) is 11.2 Å². The molecule has 4 nitrogen and oxygen atoms in total. The van der Waals surface area contributed by atoms with Crippen molar-refractivity contribution in [1.82, 2.24) is 4.57 Å². The summed E-state index contributed by atoms with van der Waals surface area (Å²) in [7, 11) is -0.686. The molecule has 1 fully saturated rings. The van der Waals surface area contributed by atoms with Crippen molar-refractivity contribution in [2.45, 2.75) is 38.9 Å². The Kier molecular flexibility index (Phi) is 1.96. The summed E-state index contributed by atoms with van der Waals surface area (Å²) in [6.45, 7) is 5.12. The summed E-state index contributed by atoms with van der Waals surface area (Å²) in [5, 5.41) is 0. The lowest BCUT2D eigenvalue weighted by molar-refractivity contribution is 0.00578. The molecule has 0 unspecified atom stereocenters. The van der Waals surface area contributed by atoms with Gasteiger partial charge in [-0.15, -0.1) is 0 Å². The van der Waals surface area contributed by atoms with Crippen molar-refractivity contribution in [3.05, 3.63) is 28.7 Å². The molecule has 2 rings (SSSR count). The second-order valence-electron chi connectivity index (χ2n) is 5.26. The van der Waals surface area contributed by atoms with Crippen molar-refractivity contribution < 1.29 is 13.4 Å². The Labute approximate surface area is 106 Å². The average Bonchev–Trinajstić information content (AvgIpc) is 2.47. The van der Waals surface area contributed by atoms with Gasteiger partial charge in [0.2, 0.25) is 5.56 Å². The molecule has 1 saturated heterocycles. The fourth-order valence-electron chi connectivity index (χ4n) is 1.62. The standard InChI is InChI=1S/C12H18BNO3/c1-11(2)12(3,4)17-13(16-11)9-6-7-10(15)14(5)8-9/h6-8H,1-5H3/i5D3. The number of aryl methyl sites for hydroxylation is 1. The molecule has 0 spiro atoms. The Morgan fingerprint density at radius 1 is 1.24 bits per heavy atom. The average molecular weight is 238 g/mol. The zero-order valence-electron chi connectivity index (χ0n) is 13.5. The summed E-state index contributed by atoms with van der Waals surface area (Å²) < 4.78 is 34.4. The van der Waals surface area contributed by atoms with Gasteiger partial charge in [-0.1, -0.05) is 6.07 Å². The molecule has 2 heterocycles. The van der Waals surface area contributed by atoms with E-state index in [1.54, 1.807) is 0 Å². The van der Waals surface area contributed by atoms with Gasteiger partial charge >= 0.3 is 7.12 Å². The second kappa shape index (κ2) is 3.72. The van der Waals surface area contributed by atoms with E-state index in [1.807, 2.05) is 27.7 Å². The van der Waals surface area contributed by atoms with Crippen LogP contribution in [0.5, 0.6) is 0 Å². The highest BCUT2D eigenvalue weighted by molar-refractivity contribution is 6.62. The van der Waals surface area contributed by atoms with E-state index in [1.165, 1.54) is 18.3 Å². The third kappa shape index (κ3) is 2.05. The van der Waals surface area contributed by atoms with Gasteiger partial charge < -0.3 is 13.9 Å². The highest BCUT2D eigenvalue weighted by Gasteiger charge is 2.51. The van der Waals surface area contributed by atoms with E-state index >= 15 is 0 Å². The van der Waals surface area contributed by atoms with Crippen LogP contribution in [0.3, 0.4) is 0 Å². The monoisotopic (exact) mass is 238 g/mol. The van der Waals surface area contributed by atoms with E-state index in [2.05, 4.69) is 0 Å². The summed E-state index contributed by atoms with van der Waals surface area (Å²) in [5.41, 5.74) is -1.10. The maximum atomic E-state index is 11.6. The molecule has 0 aliphatic carbocycles. The highest BCUT2D eigenvalue weighted by Crippen LogP contribution is 2.36. The molecule has 0 amide bonds. The van der Waals surface area contributed by atoms with Gasteiger partial charge in [-0.2, -0.15) is 0 Å². The van der Waals surface area contributed by atoms with Crippen molar-refractivity contribution >= 4 is 12.6 Å². The molecular formula is C12H18BNO3. The van der Waals surface area contributed by atoms with Gasteiger partial charge in [-0.05, 0) is 33.2 Å². The molecule has 1 aliphatic rings. The third-order valence-electron chi connectivity index (χ3n) is 3.46. The molecule has 1 aliphatic heterocycles. The number of pyridine rings is 1. The SMILES string of the molecule is [2H]C([2H])([2H])n1cc(B2OC(C)(C)C(C)(C)O2)ccc1=O. The smallest absolute Gasteiger partial charge is 0.399 e. The zero-order chi connectivity index (χ0) is 15.3. The topological polar surface area (TPSA) is 40.5 Å². The summed E-state index contributed by atoms with van der Waals surface area (Å²) in [4.78, 5) is 11.6. The molecule has 0 atom stereocenters. The maximum absolute atomic E-state index is 11.6. The minimum absolute atomic E-state index is 0.513. The number of hydrogen-bond acceptors (Lipinski definition) is 3. The first kappa shape index (κ1) is 8.94. The van der Waals surface area contributed by atoms with Crippen LogP contribution in [0.25, 0.3) is 0 Å². The molecule has 0 bridgehead atoms. The van der Waals surface area contributed by atoms with Crippen LogP contribution in [0, 0.1) is 0 Å². The number of hydrogen-bond donors (Lipinski definition) is 0. The van der Waals surface area contributed by atoms with E-state index in [4.69, 9.17) is 13.4 Å². The maximum Gasteiger partial charge on any atom is 0.496 e. The van der Waals surface area contributed by atoms with Crippen LogP contribution in [0.4, 0.5) is 0 Å². The first-order valence-electron chi connectivity index (χ1n) is 7.03. The predicted octanol–water partition coefficient (Wildman–Crippen LogP) is 0.684. The van der Waals surface area contributed by atoms with Gasteiger partial charge in [0.15, 0.2) is 0 Å². The fraction of sp³-hybridized carbons (Fsp3) is 0.583. The third-order valence-corrected chi connectivity index (χ3v) is 3.46. The van der Waals surface area contributed by atoms with Crippen LogP contribution in [-0.4, -0.2) is 22.9 Å². The number of rotatable bonds is 1. The van der Waals surface area contributed by atoms with Crippen molar-refractivity contribution in [2.75, 3.05) is 0 Å². The summed E-state index contributed by atoms with van der Waals surface area (Å²) in [6.07, 6.45) is 1.28. The Bertz CT molecular complexity index is 564. The minimum Gasteiger partial charge on any atom is -0.399 e. The Morgan fingerprint density at radius 3 is 2.35 bits per heavy atom. The first-order chi connectivity index (χ1) is 8.94. The van der Waals surface area contributed by atoms with Crippen LogP contribution in [0.1, 0.15) is 31.8 Å². The van der Waals surface area contributed by atoms with E-state index < -0.39 is 30.9 Å². The molecule has 0 radical (unpaired) electrons. The van der Waals surface area contributed by atoms with Gasteiger partial charge in [-0.25, -0.2) is 0 Å². The van der Waals surface area contributed by atoms with E-state index in [0.717, 1.165) is 0 Å². The summed E-state index contributed by atoms with van der Waals surface area (Å²) in [5.74, 6) is 0. The van der Waals surface area contributed by atoms with Crippen LogP contribution in [0.2, 0.25) is 0 Å². The lowest BCUT2D eigenvalue weighted by atomic mass is 9.80. The van der Waals surface area contributed by atoms with Crippen molar-refractivity contribution in [3.63, 3.8) is 0 Å². The largest absolute Gasteiger partial charge is 0.496 e. The van der Waals surface area contributed by atoms with Gasteiger partial charge in [0.1, 0.15) is 0 Å². The van der Waals surface area contributed by atoms with Gasteiger partial charge in [-0.3, -0.25) is 4.79 Å².